The molecule has 0 radical (unpaired) electrons. The van der Waals surface area contributed by atoms with E-state index in [0.29, 0.717) is 30.1 Å². The van der Waals surface area contributed by atoms with E-state index in [4.69, 9.17) is 21.1 Å². The molecule has 0 aliphatic carbocycles. The molecule has 96 valence electrons. The largest absolute Gasteiger partial charge is 0.478 e. The Bertz CT molecular complexity index is 364. The van der Waals surface area contributed by atoms with Gasteiger partial charge >= 0.3 is 0 Å². The fourth-order valence-electron chi connectivity index (χ4n) is 1.17. The summed E-state index contributed by atoms with van der Waals surface area (Å²) in [5, 5.41) is 0.373. The van der Waals surface area contributed by atoms with Crippen LogP contribution in [0.5, 0.6) is 5.88 Å². The normalized spacial score (nSPS) is 11.6. The Morgan fingerprint density at radius 3 is 2.59 bits per heavy atom. The molecule has 0 spiro atoms. The minimum atomic E-state index is 0.242. The van der Waals surface area contributed by atoms with Crippen molar-refractivity contribution in [3.8, 4) is 5.88 Å². The van der Waals surface area contributed by atoms with Crippen LogP contribution in [0.1, 0.15) is 33.0 Å². The van der Waals surface area contributed by atoms with E-state index in [9.17, 15) is 0 Å². The van der Waals surface area contributed by atoms with Crippen molar-refractivity contribution in [2.45, 2.75) is 33.8 Å². The van der Waals surface area contributed by atoms with Gasteiger partial charge in [0.25, 0.3) is 0 Å². The van der Waals surface area contributed by atoms with E-state index >= 15 is 0 Å². The number of hydrogen-bond acceptors (Lipinski definition) is 4. The predicted molar refractivity (Wildman–Crippen MR) is 67.3 cm³/mol. The van der Waals surface area contributed by atoms with Gasteiger partial charge in [-0.25, -0.2) is 4.98 Å². The third-order valence-electron chi connectivity index (χ3n) is 2.09. The van der Waals surface area contributed by atoms with Crippen molar-refractivity contribution >= 4 is 11.6 Å². The van der Waals surface area contributed by atoms with Crippen LogP contribution in [-0.2, 0) is 11.3 Å². The zero-order valence-corrected chi connectivity index (χ0v) is 11.5. The molecule has 0 aliphatic heterocycles. The molecule has 1 heterocycles. The first-order valence-electron chi connectivity index (χ1n) is 5.56. The monoisotopic (exact) mass is 258 g/mol. The standard InChI is InChI=1S/C12H19ClN2O2/c1-12(2,3)5-6-17-11-7-9(13)14-10(15-11)8-16-4/h7H,5-6,8H2,1-4H3. The Labute approximate surface area is 107 Å². The summed E-state index contributed by atoms with van der Waals surface area (Å²) < 4.78 is 10.5. The summed E-state index contributed by atoms with van der Waals surface area (Å²) in [6.07, 6.45) is 0.953. The summed E-state index contributed by atoms with van der Waals surface area (Å²) in [5.74, 6) is 1.03. The smallest absolute Gasteiger partial charge is 0.218 e. The van der Waals surface area contributed by atoms with Crippen molar-refractivity contribution in [2.75, 3.05) is 13.7 Å². The predicted octanol–water partition coefficient (Wildman–Crippen LogP) is 3.09. The second-order valence-electron chi connectivity index (χ2n) is 5.04. The Hall–Kier alpha value is -0.870. The van der Waals surface area contributed by atoms with Gasteiger partial charge in [0.2, 0.25) is 5.88 Å². The van der Waals surface area contributed by atoms with Crippen LogP contribution in [0.25, 0.3) is 0 Å². The van der Waals surface area contributed by atoms with Gasteiger partial charge < -0.3 is 9.47 Å². The molecule has 0 bridgehead atoms. The first kappa shape index (κ1) is 14.2. The van der Waals surface area contributed by atoms with Gasteiger partial charge in [-0.2, -0.15) is 4.98 Å². The lowest BCUT2D eigenvalue weighted by Gasteiger charge is -2.17. The highest BCUT2D eigenvalue weighted by molar-refractivity contribution is 6.29. The maximum absolute atomic E-state index is 5.87. The van der Waals surface area contributed by atoms with Crippen LogP contribution in [0, 0.1) is 5.41 Å². The van der Waals surface area contributed by atoms with E-state index in [0.717, 1.165) is 6.42 Å². The highest BCUT2D eigenvalue weighted by Gasteiger charge is 2.11. The Balaban J connectivity index is 2.58. The lowest BCUT2D eigenvalue weighted by molar-refractivity contribution is 0.175. The average Bonchev–Trinajstić information content (AvgIpc) is 2.15. The van der Waals surface area contributed by atoms with Gasteiger partial charge in [0.1, 0.15) is 11.8 Å². The number of rotatable bonds is 5. The molecule has 1 rings (SSSR count). The van der Waals surface area contributed by atoms with Crippen molar-refractivity contribution in [2.24, 2.45) is 5.41 Å². The number of ether oxygens (including phenoxy) is 2. The van der Waals surface area contributed by atoms with Crippen molar-refractivity contribution in [1.82, 2.24) is 9.97 Å². The third-order valence-corrected chi connectivity index (χ3v) is 2.29. The fourth-order valence-corrected chi connectivity index (χ4v) is 1.36. The average molecular weight is 259 g/mol. The third kappa shape index (κ3) is 5.84. The number of hydrogen-bond donors (Lipinski definition) is 0. The summed E-state index contributed by atoms with van der Waals surface area (Å²) >= 11 is 5.87. The van der Waals surface area contributed by atoms with Gasteiger partial charge in [-0.1, -0.05) is 32.4 Å². The minimum Gasteiger partial charge on any atom is -0.478 e. The van der Waals surface area contributed by atoms with Gasteiger partial charge in [0.15, 0.2) is 5.82 Å². The molecule has 0 atom stereocenters. The number of halogens is 1. The van der Waals surface area contributed by atoms with Crippen LogP contribution < -0.4 is 4.74 Å². The molecule has 0 unspecified atom stereocenters. The van der Waals surface area contributed by atoms with Crippen LogP contribution in [0.15, 0.2) is 6.07 Å². The summed E-state index contributed by atoms with van der Waals surface area (Å²) in [6, 6.07) is 1.61. The Morgan fingerprint density at radius 2 is 2.00 bits per heavy atom. The maximum atomic E-state index is 5.87. The Kier molecular flexibility index (Phi) is 5.15. The van der Waals surface area contributed by atoms with E-state index in [1.165, 1.54) is 0 Å². The van der Waals surface area contributed by atoms with Gasteiger partial charge in [0.05, 0.1) is 6.61 Å². The highest BCUT2D eigenvalue weighted by Crippen LogP contribution is 2.20. The van der Waals surface area contributed by atoms with Gasteiger partial charge in [-0.3, -0.25) is 0 Å². The second-order valence-corrected chi connectivity index (χ2v) is 5.42. The molecule has 0 aromatic carbocycles. The summed E-state index contributed by atoms with van der Waals surface area (Å²) in [4.78, 5) is 8.23. The molecule has 1 aromatic heterocycles. The molecule has 5 heteroatoms. The summed E-state index contributed by atoms with van der Waals surface area (Å²) in [5.41, 5.74) is 0.242. The molecule has 4 nitrogen and oxygen atoms in total. The van der Waals surface area contributed by atoms with E-state index < -0.39 is 0 Å². The van der Waals surface area contributed by atoms with Crippen molar-refractivity contribution in [3.05, 3.63) is 17.0 Å². The molecule has 17 heavy (non-hydrogen) atoms. The van der Waals surface area contributed by atoms with E-state index in [1.54, 1.807) is 13.2 Å². The number of nitrogens with zero attached hydrogens (tertiary/aromatic N) is 2. The fraction of sp³-hybridized carbons (Fsp3) is 0.667. The Morgan fingerprint density at radius 1 is 1.29 bits per heavy atom. The molecule has 0 fully saturated rings. The molecule has 0 amide bonds. The minimum absolute atomic E-state index is 0.242. The molecule has 1 aromatic rings. The zero-order chi connectivity index (χ0) is 12.9. The van der Waals surface area contributed by atoms with Gasteiger partial charge in [0, 0.05) is 13.2 Å². The van der Waals surface area contributed by atoms with Crippen molar-refractivity contribution in [3.63, 3.8) is 0 Å². The van der Waals surface area contributed by atoms with Gasteiger partial charge in [-0.05, 0) is 11.8 Å². The molecule has 0 saturated heterocycles. The van der Waals surface area contributed by atoms with Crippen molar-refractivity contribution < 1.29 is 9.47 Å². The van der Waals surface area contributed by atoms with E-state index in [1.807, 2.05) is 0 Å². The lowest BCUT2D eigenvalue weighted by Crippen LogP contribution is -2.12. The highest BCUT2D eigenvalue weighted by atomic mass is 35.5. The van der Waals surface area contributed by atoms with Crippen LogP contribution in [0.2, 0.25) is 5.15 Å². The first-order chi connectivity index (χ1) is 7.90. The van der Waals surface area contributed by atoms with Crippen LogP contribution in [0.3, 0.4) is 0 Å². The topological polar surface area (TPSA) is 44.2 Å². The number of aromatic nitrogens is 2. The van der Waals surface area contributed by atoms with Crippen LogP contribution in [-0.4, -0.2) is 23.7 Å². The maximum Gasteiger partial charge on any atom is 0.218 e. The zero-order valence-electron chi connectivity index (χ0n) is 10.8. The quantitative estimate of drug-likeness (QED) is 0.762. The van der Waals surface area contributed by atoms with Crippen molar-refractivity contribution in [1.29, 1.82) is 0 Å². The summed E-state index contributed by atoms with van der Waals surface area (Å²) in [6.45, 7) is 7.44. The summed E-state index contributed by atoms with van der Waals surface area (Å²) in [7, 11) is 1.59. The van der Waals surface area contributed by atoms with E-state index in [2.05, 4.69) is 30.7 Å². The lowest BCUT2D eigenvalue weighted by atomic mass is 9.93. The molecule has 0 saturated carbocycles. The molecule has 0 aliphatic rings. The van der Waals surface area contributed by atoms with Crippen LogP contribution >= 0.6 is 11.6 Å². The number of methoxy groups -OCH3 is 1. The SMILES string of the molecule is COCc1nc(Cl)cc(OCCC(C)(C)C)n1. The first-order valence-corrected chi connectivity index (χ1v) is 5.94. The molecular formula is C12H19ClN2O2. The van der Waals surface area contributed by atoms with Gasteiger partial charge in [-0.15, -0.1) is 0 Å². The molecule has 0 N–H and O–H groups in total. The second kappa shape index (κ2) is 6.17. The van der Waals surface area contributed by atoms with E-state index in [-0.39, 0.29) is 5.41 Å². The van der Waals surface area contributed by atoms with Crippen LogP contribution in [0.4, 0.5) is 0 Å². The molecular weight excluding hydrogens is 240 g/mol.